The monoisotopic (exact) mass is 298 g/mol. The predicted molar refractivity (Wildman–Crippen MR) is 82.4 cm³/mol. The first-order valence-electron chi connectivity index (χ1n) is 8.27. The zero-order chi connectivity index (χ0) is 15.2. The highest BCUT2D eigenvalue weighted by molar-refractivity contribution is 5.68. The summed E-state index contributed by atoms with van der Waals surface area (Å²) in [6, 6.07) is 0. The van der Waals surface area contributed by atoms with Gasteiger partial charge in [-0.1, -0.05) is 19.8 Å². The third kappa shape index (κ3) is 5.93. The average Bonchev–Trinajstić information content (AvgIpc) is 2.41. The van der Waals surface area contributed by atoms with Crippen LogP contribution in [-0.4, -0.2) is 73.4 Å². The predicted octanol–water partition coefficient (Wildman–Crippen LogP) is 1.53. The van der Waals surface area contributed by atoms with Crippen LogP contribution in [0.2, 0.25) is 0 Å². The van der Waals surface area contributed by atoms with E-state index in [1.807, 2.05) is 11.9 Å². The summed E-state index contributed by atoms with van der Waals surface area (Å²) < 4.78 is 5.79. The van der Waals surface area contributed by atoms with Crippen LogP contribution in [0.3, 0.4) is 0 Å². The number of hydrogen-bond donors (Lipinski definition) is 1. The molecule has 0 bridgehead atoms. The topological polar surface area (TPSA) is 53.0 Å². The Balaban J connectivity index is 1.71. The maximum absolute atomic E-state index is 10.7. The number of aliphatic carboxylic acids is 1. The largest absolute Gasteiger partial charge is 0.480 e. The number of carboxylic acid groups (broad SMARTS) is 1. The van der Waals surface area contributed by atoms with E-state index in [-0.39, 0.29) is 12.6 Å². The van der Waals surface area contributed by atoms with E-state index in [9.17, 15) is 4.79 Å². The SMILES string of the molecule is CC1CCC(CN2CCOC(CN(C)CC(=O)O)C2)CC1. The maximum atomic E-state index is 10.7. The fraction of sp³-hybridized carbons (Fsp3) is 0.938. The fourth-order valence-corrected chi connectivity index (χ4v) is 3.58. The molecule has 122 valence electrons. The first-order chi connectivity index (χ1) is 10.0. The summed E-state index contributed by atoms with van der Waals surface area (Å²) in [7, 11) is 1.85. The smallest absolute Gasteiger partial charge is 0.317 e. The lowest BCUT2D eigenvalue weighted by Crippen LogP contribution is -2.49. The zero-order valence-electron chi connectivity index (χ0n) is 13.5. The molecule has 1 heterocycles. The molecule has 5 nitrogen and oxygen atoms in total. The van der Waals surface area contributed by atoms with Crippen molar-refractivity contribution in [1.82, 2.24) is 9.80 Å². The Bertz CT molecular complexity index is 329. The standard InChI is InChI=1S/C16H30N2O3/c1-13-3-5-14(6-4-13)9-18-7-8-21-15(11-18)10-17(2)12-16(19)20/h13-15H,3-12H2,1-2H3,(H,19,20). The van der Waals surface area contributed by atoms with Crippen LogP contribution in [0.5, 0.6) is 0 Å². The minimum absolute atomic E-state index is 0.0837. The molecule has 0 aromatic heterocycles. The van der Waals surface area contributed by atoms with Gasteiger partial charge in [0, 0.05) is 26.2 Å². The van der Waals surface area contributed by atoms with E-state index in [4.69, 9.17) is 9.84 Å². The normalized spacial score (nSPS) is 31.5. The Morgan fingerprint density at radius 2 is 2.05 bits per heavy atom. The van der Waals surface area contributed by atoms with Crippen molar-refractivity contribution in [2.24, 2.45) is 11.8 Å². The summed E-state index contributed by atoms with van der Waals surface area (Å²) in [5.41, 5.74) is 0. The molecule has 2 aliphatic rings. The van der Waals surface area contributed by atoms with Crippen LogP contribution in [-0.2, 0) is 9.53 Å². The van der Waals surface area contributed by atoms with Gasteiger partial charge in [-0.15, -0.1) is 0 Å². The number of nitrogens with zero attached hydrogens (tertiary/aromatic N) is 2. The summed E-state index contributed by atoms with van der Waals surface area (Å²) in [5.74, 6) is 0.974. The number of morpholine rings is 1. The van der Waals surface area contributed by atoms with Gasteiger partial charge in [-0.25, -0.2) is 0 Å². The van der Waals surface area contributed by atoms with Gasteiger partial charge >= 0.3 is 5.97 Å². The molecule has 1 saturated carbocycles. The summed E-state index contributed by atoms with van der Waals surface area (Å²) in [6.45, 7) is 7.06. The first kappa shape index (κ1) is 16.7. The highest BCUT2D eigenvalue weighted by Gasteiger charge is 2.26. The molecule has 0 radical (unpaired) electrons. The summed E-state index contributed by atoms with van der Waals surface area (Å²) >= 11 is 0. The van der Waals surface area contributed by atoms with Crippen molar-refractivity contribution in [2.75, 3.05) is 46.4 Å². The van der Waals surface area contributed by atoms with E-state index < -0.39 is 5.97 Å². The van der Waals surface area contributed by atoms with Crippen molar-refractivity contribution < 1.29 is 14.6 Å². The molecular weight excluding hydrogens is 268 g/mol. The number of ether oxygens (including phenoxy) is 1. The Morgan fingerprint density at radius 1 is 1.33 bits per heavy atom. The van der Waals surface area contributed by atoms with E-state index in [1.165, 1.54) is 32.2 Å². The van der Waals surface area contributed by atoms with Crippen LogP contribution in [0, 0.1) is 11.8 Å². The average molecular weight is 298 g/mol. The molecule has 0 spiro atoms. The van der Waals surface area contributed by atoms with Crippen molar-refractivity contribution >= 4 is 5.97 Å². The van der Waals surface area contributed by atoms with Crippen LogP contribution in [0.25, 0.3) is 0 Å². The van der Waals surface area contributed by atoms with Crippen LogP contribution in [0.15, 0.2) is 0 Å². The second kappa shape index (κ2) is 8.11. The van der Waals surface area contributed by atoms with E-state index >= 15 is 0 Å². The number of carboxylic acids is 1. The van der Waals surface area contributed by atoms with Crippen molar-refractivity contribution in [2.45, 2.75) is 38.7 Å². The molecule has 2 fully saturated rings. The quantitative estimate of drug-likeness (QED) is 0.806. The van der Waals surface area contributed by atoms with E-state index in [0.717, 1.165) is 31.5 Å². The molecule has 1 aliphatic heterocycles. The van der Waals surface area contributed by atoms with Crippen molar-refractivity contribution in [3.8, 4) is 0 Å². The highest BCUT2D eigenvalue weighted by Crippen LogP contribution is 2.29. The van der Waals surface area contributed by atoms with Gasteiger partial charge in [0.05, 0.1) is 19.3 Å². The third-order valence-corrected chi connectivity index (χ3v) is 4.80. The Kier molecular flexibility index (Phi) is 6.45. The van der Waals surface area contributed by atoms with Crippen molar-refractivity contribution in [3.05, 3.63) is 0 Å². The number of likely N-dealkylation sites (N-methyl/N-ethyl adjacent to an activating group) is 1. The van der Waals surface area contributed by atoms with E-state index in [2.05, 4.69) is 11.8 Å². The van der Waals surface area contributed by atoms with Crippen LogP contribution in [0.1, 0.15) is 32.6 Å². The minimum atomic E-state index is -0.776. The van der Waals surface area contributed by atoms with E-state index in [1.54, 1.807) is 0 Å². The molecule has 21 heavy (non-hydrogen) atoms. The lowest BCUT2D eigenvalue weighted by molar-refractivity contribution is -0.138. The van der Waals surface area contributed by atoms with Gasteiger partial charge in [0.1, 0.15) is 0 Å². The van der Waals surface area contributed by atoms with Gasteiger partial charge < -0.3 is 9.84 Å². The second-order valence-electron chi connectivity index (χ2n) is 6.97. The first-order valence-corrected chi connectivity index (χ1v) is 8.27. The molecule has 1 N–H and O–H groups in total. The highest BCUT2D eigenvalue weighted by atomic mass is 16.5. The molecule has 2 rings (SSSR count). The molecule has 1 atom stereocenters. The van der Waals surface area contributed by atoms with Gasteiger partial charge in [-0.05, 0) is 31.7 Å². The number of rotatable bonds is 6. The number of carbonyl (C=O) groups is 1. The van der Waals surface area contributed by atoms with Gasteiger partial charge in [-0.3, -0.25) is 14.6 Å². The van der Waals surface area contributed by atoms with Crippen molar-refractivity contribution in [3.63, 3.8) is 0 Å². The van der Waals surface area contributed by atoms with Crippen LogP contribution < -0.4 is 0 Å². The summed E-state index contributed by atoms with van der Waals surface area (Å²) in [5, 5.41) is 8.81. The van der Waals surface area contributed by atoms with Gasteiger partial charge in [0.15, 0.2) is 0 Å². The molecule has 5 heteroatoms. The number of hydrogen-bond acceptors (Lipinski definition) is 4. The van der Waals surface area contributed by atoms with Gasteiger partial charge in [0.2, 0.25) is 0 Å². The molecule has 1 aliphatic carbocycles. The van der Waals surface area contributed by atoms with Gasteiger partial charge in [-0.2, -0.15) is 0 Å². The summed E-state index contributed by atoms with van der Waals surface area (Å²) in [6.07, 6.45) is 5.62. The Labute approximate surface area is 128 Å². The second-order valence-corrected chi connectivity index (χ2v) is 6.97. The molecule has 0 aromatic carbocycles. The maximum Gasteiger partial charge on any atom is 0.317 e. The third-order valence-electron chi connectivity index (χ3n) is 4.80. The Hall–Kier alpha value is -0.650. The molecular formula is C16H30N2O3. The fourth-order valence-electron chi connectivity index (χ4n) is 3.58. The minimum Gasteiger partial charge on any atom is -0.480 e. The molecule has 1 saturated heterocycles. The molecule has 0 aromatic rings. The van der Waals surface area contributed by atoms with E-state index in [0.29, 0.717) is 6.54 Å². The van der Waals surface area contributed by atoms with Crippen molar-refractivity contribution in [1.29, 1.82) is 0 Å². The molecule has 0 amide bonds. The zero-order valence-corrected chi connectivity index (χ0v) is 13.5. The molecule has 1 unspecified atom stereocenters. The van der Waals surface area contributed by atoms with Crippen LogP contribution >= 0.6 is 0 Å². The Morgan fingerprint density at radius 3 is 2.71 bits per heavy atom. The summed E-state index contributed by atoms with van der Waals surface area (Å²) in [4.78, 5) is 15.1. The lowest BCUT2D eigenvalue weighted by Gasteiger charge is -2.37. The van der Waals surface area contributed by atoms with Crippen LogP contribution in [0.4, 0.5) is 0 Å². The lowest BCUT2D eigenvalue weighted by atomic mass is 9.83. The van der Waals surface area contributed by atoms with Gasteiger partial charge in [0.25, 0.3) is 0 Å².